The molecule has 3 aromatic rings. The van der Waals surface area contributed by atoms with Crippen LogP contribution in [0.2, 0.25) is 0 Å². The van der Waals surface area contributed by atoms with Gasteiger partial charge in [0.2, 0.25) is 17.8 Å². The second-order valence-corrected chi connectivity index (χ2v) is 8.88. The zero-order chi connectivity index (χ0) is 22.6. The van der Waals surface area contributed by atoms with Gasteiger partial charge in [-0.1, -0.05) is 36.4 Å². The molecule has 0 saturated carbocycles. The maximum Gasteiger partial charge on any atom is 0.241 e. The van der Waals surface area contributed by atoms with Gasteiger partial charge in [-0.15, -0.1) is 0 Å². The van der Waals surface area contributed by atoms with Gasteiger partial charge in [0.1, 0.15) is 0 Å². The third-order valence-electron chi connectivity index (χ3n) is 6.55. The summed E-state index contributed by atoms with van der Waals surface area (Å²) in [5.41, 5.74) is 2.04. The molecule has 33 heavy (non-hydrogen) atoms. The van der Waals surface area contributed by atoms with Crippen LogP contribution in [-0.2, 0) is 4.74 Å². The van der Waals surface area contributed by atoms with Gasteiger partial charge in [0.05, 0.1) is 13.2 Å². The van der Waals surface area contributed by atoms with E-state index in [9.17, 15) is 0 Å². The Labute approximate surface area is 196 Å². The van der Waals surface area contributed by atoms with Crippen molar-refractivity contribution in [3.05, 3.63) is 60.7 Å². The first kappa shape index (κ1) is 21.6. The summed E-state index contributed by atoms with van der Waals surface area (Å²) in [4.78, 5) is 21.8. The van der Waals surface area contributed by atoms with Crippen LogP contribution >= 0.6 is 0 Å². The molecule has 2 aromatic carbocycles. The molecule has 0 aliphatic carbocycles. The van der Waals surface area contributed by atoms with E-state index in [1.54, 1.807) is 0 Å². The van der Waals surface area contributed by atoms with Gasteiger partial charge >= 0.3 is 0 Å². The minimum Gasteiger partial charge on any atom is -0.378 e. The maximum atomic E-state index is 5.58. The summed E-state index contributed by atoms with van der Waals surface area (Å²) in [6, 6.07) is 21.4. The lowest BCUT2D eigenvalue weighted by molar-refractivity contribution is 0.122. The molecule has 2 saturated heterocycles. The van der Waals surface area contributed by atoms with Crippen LogP contribution in [-0.4, -0.2) is 53.3 Å². The maximum absolute atomic E-state index is 5.58. The van der Waals surface area contributed by atoms with Gasteiger partial charge in [-0.05, 0) is 57.4 Å². The van der Waals surface area contributed by atoms with Crippen LogP contribution < -0.4 is 14.7 Å². The lowest BCUT2D eigenvalue weighted by Gasteiger charge is -2.39. The fraction of sp³-hybridized carbons (Fsp3) is 0.423. The van der Waals surface area contributed by atoms with Crippen molar-refractivity contribution in [2.24, 2.45) is 0 Å². The molecule has 0 amide bonds. The third kappa shape index (κ3) is 4.64. The highest BCUT2D eigenvalue weighted by atomic mass is 16.5. The van der Waals surface area contributed by atoms with Gasteiger partial charge in [-0.2, -0.15) is 15.0 Å². The summed E-state index contributed by atoms with van der Waals surface area (Å²) in [5.74, 6) is 2.13. The molecule has 172 valence electrons. The van der Waals surface area contributed by atoms with Crippen LogP contribution in [0.3, 0.4) is 0 Å². The standard InChI is InChI=1S/C26H32N6O/c1-20-10-9-11-21(2)31(20)25-27-24(30-16-18-33-19-17-30)28-26(29-25)32(22-12-5-3-6-13-22)23-14-7-4-8-15-23/h3-8,12-15,20-21H,9-11,16-19H2,1-2H3/t20-,21+. The van der Waals surface area contributed by atoms with Crippen LogP contribution in [0.5, 0.6) is 0 Å². The van der Waals surface area contributed by atoms with E-state index in [0.29, 0.717) is 31.2 Å². The Morgan fingerprint density at radius 1 is 0.758 bits per heavy atom. The van der Waals surface area contributed by atoms with Crippen LogP contribution in [0.15, 0.2) is 60.7 Å². The number of piperidine rings is 1. The van der Waals surface area contributed by atoms with E-state index in [2.05, 4.69) is 52.8 Å². The summed E-state index contributed by atoms with van der Waals surface area (Å²) >= 11 is 0. The molecular formula is C26H32N6O. The molecular weight excluding hydrogens is 412 g/mol. The Morgan fingerprint density at radius 3 is 1.88 bits per heavy atom. The molecule has 2 aliphatic rings. The van der Waals surface area contributed by atoms with Gasteiger partial charge in [0, 0.05) is 36.5 Å². The number of benzene rings is 2. The smallest absolute Gasteiger partial charge is 0.241 e. The number of aromatic nitrogens is 3. The van der Waals surface area contributed by atoms with Crippen molar-refractivity contribution in [1.82, 2.24) is 15.0 Å². The largest absolute Gasteiger partial charge is 0.378 e. The number of hydrogen-bond donors (Lipinski definition) is 0. The molecule has 2 aliphatic heterocycles. The number of rotatable bonds is 5. The summed E-state index contributed by atoms with van der Waals surface area (Å²) in [6.45, 7) is 7.50. The fourth-order valence-electron chi connectivity index (χ4n) is 4.81. The molecule has 0 bridgehead atoms. The Kier molecular flexibility index (Phi) is 6.39. The first-order valence-electron chi connectivity index (χ1n) is 12.0. The second-order valence-electron chi connectivity index (χ2n) is 8.88. The van der Waals surface area contributed by atoms with E-state index in [0.717, 1.165) is 49.2 Å². The molecule has 2 fully saturated rings. The van der Waals surface area contributed by atoms with Crippen molar-refractivity contribution >= 4 is 29.2 Å². The van der Waals surface area contributed by atoms with Gasteiger partial charge in [0.25, 0.3) is 0 Å². The molecule has 7 nitrogen and oxygen atoms in total. The van der Waals surface area contributed by atoms with E-state index in [1.807, 2.05) is 36.4 Å². The van der Waals surface area contributed by atoms with E-state index in [1.165, 1.54) is 6.42 Å². The molecule has 0 N–H and O–H groups in total. The molecule has 3 heterocycles. The summed E-state index contributed by atoms with van der Waals surface area (Å²) in [7, 11) is 0. The van der Waals surface area contributed by atoms with Crippen LogP contribution in [0.25, 0.3) is 0 Å². The molecule has 7 heteroatoms. The summed E-state index contributed by atoms with van der Waals surface area (Å²) < 4.78 is 5.58. The highest BCUT2D eigenvalue weighted by Gasteiger charge is 2.30. The highest BCUT2D eigenvalue weighted by molar-refractivity contribution is 5.73. The van der Waals surface area contributed by atoms with Gasteiger partial charge in [-0.3, -0.25) is 4.90 Å². The lowest BCUT2D eigenvalue weighted by atomic mass is 9.98. The van der Waals surface area contributed by atoms with Crippen molar-refractivity contribution in [3.8, 4) is 0 Å². The molecule has 5 rings (SSSR count). The van der Waals surface area contributed by atoms with Crippen LogP contribution in [0.1, 0.15) is 33.1 Å². The number of morpholine rings is 1. The first-order chi connectivity index (χ1) is 16.2. The number of ether oxygens (including phenoxy) is 1. The number of anilines is 5. The molecule has 0 radical (unpaired) electrons. The fourth-order valence-corrected chi connectivity index (χ4v) is 4.81. The number of para-hydroxylation sites is 2. The monoisotopic (exact) mass is 444 g/mol. The Balaban J connectivity index is 1.65. The Bertz CT molecular complexity index is 992. The minimum atomic E-state index is 0.392. The van der Waals surface area contributed by atoms with Crippen LogP contribution in [0, 0.1) is 0 Å². The van der Waals surface area contributed by atoms with Gasteiger partial charge < -0.3 is 14.5 Å². The number of nitrogens with zero attached hydrogens (tertiary/aromatic N) is 6. The van der Waals surface area contributed by atoms with Crippen molar-refractivity contribution in [1.29, 1.82) is 0 Å². The van der Waals surface area contributed by atoms with Crippen molar-refractivity contribution in [2.45, 2.75) is 45.2 Å². The zero-order valence-corrected chi connectivity index (χ0v) is 19.5. The first-order valence-corrected chi connectivity index (χ1v) is 12.0. The van der Waals surface area contributed by atoms with E-state index in [-0.39, 0.29) is 0 Å². The van der Waals surface area contributed by atoms with Crippen molar-refractivity contribution in [2.75, 3.05) is 41.0 Å². The molecule has 1 aromatic heterocycles. The topological polar surface area (TPSA) is 57.6 Å². The van der Waals surface area contributed by atoms with Crippen LogP contribution in [0.4, 0.5) is 29.2 Å². The molecule has 0 unspecified atom stereocenters. The van der Waals surface area contributed by atoms with Gasteiger partial charge in [-0.25, -0.2) is 0 Å². The third-order valence-corrected chi connectivity index (χ3v) is 6.55. The minimum absolute atomic E-state index is 0.392. The second kappa shape index (κ2) is 9.75. The lowest BCUT2D eigenvalue weighted by Crippen LogP contribution is -2.45. The average Bonchev–Trinajstić information content (AvgIpc) is 2.86. The molecule has 2 atom stereocenters. The predicted octanol–water partition coefficient (Wildman–Crippen LogP) is 4.95. The molecule has 0 spiro atoms. The Hall–Kier alpha value is -3.19. The average molecular weight is 445 g/mol. The van der Waals surface area contributed by atoms with E-state index < -0.39 is 0 Å². The summed E-state index contributed by atoms with van der Waals surface area (Å²) in [6.07, 6.45) is 3.55. The predicted molar refractivity (Wildman–Crippen MR) is 133 cm³/mol. The van der Waals surface area contributed by atoms with E-state index in [4.69, 9.17) is 19.7 Å². The Morgan fingerprint density at radius 2 is 1.30 bits per heavy atom. The highest BCUT2D eigenvalue weighted by Crippen LogP contribution is 2.35. The van der Waals surface area contributed by atoms with E-state index >= 15 is 0 Å². The zero-order valence-electron chi connectivity index (χ0n) is 19.5. The van der Waals surface area contributed by atoms with Crippen molar-refractivity contribution < 1.29 is 4.74 Å². The SMILES string of the molecule is C[C@@H]1CCC[C@H](C)N1c1nc(N2CCOCC2)nc(N(c2ccccc2)c2ccccc2)n1. The van der Waals surface area contributed by atoms with Gasteiger partial charge in [0.15, 0.2) is 0 Å². The number of hydrogen-bond acceptors (Lipinski definition) is 7. The summed E-state index contributed by atoms with van der Waals surface area (Å²) in [5, 5.41) is 0. The van der Waals surface area contributed by atoms with Crippen molar-refractivity contribution in [3.63, 3.8) is 0 Å². The quantitative estimate of drug-likeness (QED) is 0.552. The normalized spacial score (nSPS) is 21.2.